The van der Waals surface area contributed by atoms with Crippen molar-refractivity contribution in [1.29, 1.82) is 0 Å². The van der Waals surface area contributed by atoms with Gasteiger partial charge in [0.05, 0.1) is 0 Å². The summed E-state index contributed by atoms with van der Waals surface area (Å²) in [6.07, 6.45) is 6.58. The van der Waals surface area contributed by atoms with Crippen LogP contribution in [0.25, 0.3) is 0 Å². The monoisotopic (exact) mass is 328 g/mol. The lowest BCUT2D eigenvalue weighted by molar-refractivity contribution is -0.119. The third-order valence-corrected chi connectivity index (χ3v) is 4.02. The number of hydrogen-bond acceptors (Lipinski definition) is 1. The Kier molecular flexibility index (Phi) is 4.38. The van der Waals surface area contributed by atoms with E-state index in [0.29, 0.717) is 18.1 Å². The van der Waals surface area contributed by atoms with Crippen molar-refractivity contribution in [1.82, 2.24) is 0 Å². The molecule has 0 spiro atoms. The molecule has 2 rings (SSSR count). The zero-order valence-corrected chi connectivity index (χ0v) is 11.6. The van der Waals surface area contributed by atoms with Gasteiger partial charge in [-0.1, -0.05) is 37.8 Å². The normalized spacial score (nSPS) is 16.6. The van der Waals surface area contributed by atoms with E-state index in [9.17, 15) is 4.79 Å². The van der Waals surface area contributed by atoms with Gasteiger partial charge in [-0.25, -0.2) is 0 Å². The molecule has 0 unspecified atom stereocenters. The topological polar surface area (TPSA) is 17.1 Å². The van der Waals surface area contributed by atoms with Crippen molar-refractivity contribution in [2.45, 2.75) is 38.5 Å². The number of ketones is 1. The quantitative estimate of drug-likeness (QED) is 0.764. The van der Waals surface area contributed by atoms with E-state index in [-0.39, 0.29) is 0 Å². The summed E-state index contributed by atoms with van der Waals surface area (Å²) in [5, 5.41) is 0. The molecular weight excluding hydrogens is 311 g/mol. The number of Topliss-reactive ketones (excluding diaryl/α,β-unsaturated/α-hetero) is 1. The maximum Gasteiger partial charge on any atom is 0.137 e. The van der Waals surface area contributed by atoms with Gasteiger partial charge in [0.15, 0.2) is 0 Å². The van der Waals surface area contributed by atoms with Crippen molar-refractivity contribution in [3.05, 3.63) is 33.4 Å². The van der Waals surface area contributed by atoms with Crippen LogP contribution in [0, 0.1) is 9.49 Å². The van der Waals surface area contributed by atoms with Crippen LogP contribution in [0.2, 0.25) is 0 Å². The molecule has 1 fully saturated rings. The maximum absolute atomic E-state index is 11.9. The Morgan fingerprint density at radius 1 is 1.19 bits per heavy atom. The predicted molar refractivity (Wildman–Crippen MR) is 74.4 cm³/mol. The van der Waals surface area contributed by atoms with E-state index in [4.69, 9.17) is 0 Å². The molecule has 1 aromatic rings. The van der Waals surface area contributed by atoms with Crippen molar-refractivity contribution in [2.75, 3.05) is 0 Å². The number of rotatable bonds is 4. The highest BCUT2D eigenvalue weighted by molar-refractivity contribution is 14.1. The molecule has 1 aliphatic rings. The van der Waals surface area contributed by atoms with Crippen LogP contribution in [-0.4, -0.2) is 5.78 Å². The molecule has 0 bridgehead atoms. The number of halogens is 1. The number of carbonyl (C=O) groups excluding carboxylic acids is 1. The lowest BCUT2D eigenvalue weighted by Gasteiger charge is -2.07. The fraction of sp³-hybridized carbons (Fsp3) is 0.500. The molecule has 0 heterocycles. The summed E-state index contributed by atoms with van der Waals surface area (Å²) in [7, 11) is 0. The third kappa shape index (κ3) is 3.58. The van der Waals surface area contributed by atoms with E-state index in [2.05, 4.69) is 46.9 Å². The van der Waals surface area contributed by atoms with Gasteiger partial charge in [0.2, 0.25) is 0 Å². The van der Waals surface area contributed by atoms with Gasteiger partial charge in [0.1, 0.15) is 5.78 Å². The van der Waals surface area contributed by atoms with Crippen molar-refractivity contribution < 1.29 is 4.79 Å². The molecular formula is C14H17IO. The molecule has 1 nitrogen and oxygen atoms in total. The summed E-state index contributed by atoms with van der Waals surface area (Å²) in [5.41, 5.74) is 1.16. The van der Waals surface area contributed by atoms with Crippen molar-refractivity contribution in [3.63, 3.8) is 0 Å². The largest absolute Gasteiger partial charge is 0.299 e. The molecule has 1 aromatic carbocycles. The van der Waals surface area contributed by atoms with Crippen molar-refractivity contribution in [3.8, 4) is 0 Å². The first-order valence-corrected chi connectivity index (χ1v) is 7.08. The zero-order valence-electron chi connectivity index (χ0n) is 9.42. The highest BCUT2D eigenvalue weighted by Crippen LogP contribution is 2.28. The smallest absolute Gasteiger partial charge is 0.137 e. The van der Waals surface area contributed by atoms with Gasteiger partial charge in [0, 0.05) is 16.4 Å². The zero-order chi connectivity index (χ0) is 11.4. The van der Waals surface area contributed by atoms with Gasteiger partial charge in [0.25, 0.3) is 0 Å². The van der Waals surface area contributed by atoms with Gasteiger partial charge in [-0.05, 0) is 46.2 Å². The van der Waals surface area contributed by atoms with Crippen LogP contribution in [0.3, 0.4) is 0 Å². The molecule has 16 heavy (non-hydrogen) atoms. The third-order valence-electron chi connectivity index (χ3n) is 3.31. The van der Waals surface area contributed by atoms with Gasteiger partial charge in [-0.15, -0.1) is 0 Å². The molecule has 0 aromatic heterocycles. The lowest BCUT2D eigenvalue weighted by Crippen LogP contribution is -2.08. The van der Waals surface area contributed by atoms with E-state index in [0.717, 1.165) is 12.0 Å². The van der Waals surface area contributed by atoms with Gasteiger partial charge in [-0.2, -0.15) is 0 Å². The van der Waals surface area contributed by atoms with E-state index in [1.54, 1.807) is 0 Å². The van der Waals surface area contributed by atoms with Crippen molar-refractivity contribution in [2.24, 2.45) is 5.92 Å². The Hall–Kier alpha value is -0.380. The second-order valence-electron chi connectivity index (χ2n) is 4.70. The Morgan fingerprint density at radius 2 is 1.81 bits per heavy atom. The summed E-state index contributed by atoms with van der Waals surface area (Å²) < 4.78 is 1.23. The fourth-order valence-electron chi connectivity index (χ4n) is 2.44. The Balaban J connectivity index is 1.84. The maximum atomic E-state index is 11.9. The molecule has 0 saturated heterocycles. The molecule has 0 aliphatic heterocycles. The summed E-state index contributed by atoms with van der Waals surface area (Å²) in [4.78, 5) is 11.9. The minimum atomic E-state index is 0.410. The number of benzene rings is 1. The van der Waals surface area contributed by atoms with E-state index < -0.39 is 0 Å². The number of hydrogen-bond donors (Lipinski definition) is 0. The minimum absolute atomic E-state index is 0.410. The SMILES string of the molecule is O=C(Cc1ccc(I)cc1)CC1CCCC1. The lowest BCUT2D eigenvalue weighted by atomic mass is 9.97. The van der Waals surface area contributed by atoms with Crippen LogP contribution in [0.4, 0.5) is 0 Å². The highest BCUT2D eigenvalue weighted by Gasteiger charge is 2.18. The predicted octanol–water partition coefficient (Wildman–Crippen LogP) is 3.98. The minimum Gasteiger partial charge on any atom is -0.299 e. The van der Waals surface area contributed by atoms with E-state index in [1.165, 1.54) is 29.3 Å². The van der Waals surface area contributed by atoms with E-state index in [1.807, 2.05) is 0 Å². The van der Waals surface area contributed by atoms with E-state index >= 15 is 0 Å². The molecule has 0 amide bonds. The summed E-state index contributed by atoms with van der Waals surface area (Å²) in [5.74, 6) is 1.09. The van der Waals surface area contributed by atoms with Gasteiger partial charge < -0.3 is 0 Å². The molecule has 86 valence electrons. The number of carbonyl (C=O) groups is 1. The standard InChI is InChI=1S/C14H17IO/c15-13-7-5-12(6-8-13)10-14(16)9-11-3-1-2-4-11/h5-8,11H,1-4,9-10H2. The van der Waals surface area contributed by atoms with Gasteiger partial charge >= 0.3 is 0 Å². The van der Waals surface area contributed by atoms with Crippen LogP contribution in [0.5, 0.6) is 0 Å². The second-order valence-corrected chi connectivity index (χ2v) is 5.94. The van der Waals surface area contributed by atoms with Gasteiger partial charge in [-0.3, -0.25) is 4.79 Å². The Morgan fingerprint density at radius 3 is 2.44 bits per heavy atom. The van der Waals surface area contributed by atoms with Crippen LogP contribution in [0.1, 0.15) is 37.7 Å². The first kappa shape index (κ1) is 12.1. The summed E-state index contributed by atoms with van der Waals surface area (Å²) >= 11 is 2.29. The highest BCUT2D eigenvalue weighted by atomic mass is 127. The molecule has 0 atom stereocenters. The summed E-state index contributed by atoms with van der Waals surface area (Å²) in [6, 6.07) is 8.26. The average Bonchev–Trinajstić information content (AvgIpc) is 2.74. The second kappa shape index (κ2) is 5.80. The molecule has 0 N–H and O–H groups in total. The fourth-order valence-corrected chi connectivity index (χ4v) is 2.80. The molecule has 1 saturated carbocycles. The van der Waals surface area contributed by atoms with Crippen LogP contribution >= 0.6 is 22.6 Å². The van der Waals surface area contributed by atoms with Crippen LogP contribution in [0.15, 0.2) is 24.3 Å². The van der Waals surface area contributed by atoms with Crippen LogP contribution in [-0.2, 0) is 11.2 Å². The van der Waals surface area contributed by atoms with Crippen molar-refractivity contribution >= 4 is 28.4 Å². The first-order chi connectivity index (χ1) is 7.74. The average molecular weight is 328 g/mol. The summed E-state index contributed by atoms with van der Waals surface area (Å²) in [6.45, 7) is 0. The molecule has 0 radical (unpaired) electrons. The Labute approximate surface area is 111 Å². The first-order valence-electron chi connectivity index (χ1n) is 6.00. The Bertz CT molecular complexity index is 350. The van der Waals surface area contributed by atoms with Crippen LogP contribution < -0.4 is 0 Å². The molecule has 2 heteroatoms. The molecule has 1 aliphatic carbocycles.